The minimum Gasteiger partial charge on any atom is -0.496 e. The number of nitrogens with zero attached hydrogens (tertiary/aromatic N) is 2. The Hall–Kier alpha value is -2.76. The van der Waals surface area contributed by atoms with Crippen LogP contribution in [0.2, 0.25) is 5.02 Å². The Balaban J connectivity index is 1.83. The fraction of sp³-hybridized carbons (Fsp3) is 0.0909. The van der Waals surface area contributed by atoms with Gasteiger partial charge in [-0.25, -0.2) is 4.98 Å². The molecule has 4 nitrogen and oxygen atoms in total. The van der Waals surface area contributed by atoms with Crippen LogP contribution in [0.4, 0.5) is 0 Å². The highest BCUT2D eigenvalue weighted by atomic mass is 35.5. The van der Waals surface area contributed by atoms with Crippen LogP contribution in [0.1, 0.15) is 5.56 Å². The first-order valence-corrected chi connectivity index (χ1v) is 10.1. The lowest BCUT2D eigenvalue weighted by atomic mass is 10.2. The standard InChI is InChI=1S/C22H17ClN2O2S/c1-27-20-9-5-2-6-15(20)14-28-22-24-19-8-4-3-7-18(19)21(26)25(22)17-12-10-16(23)11-13-17/h2-13H,14H2,1H3. The number of thioether (sulfide) groups is 1. The molecular formula is C22H17ClN2O2S. The molecule has 0 radical (unpaired) electrons. The summed E-state index contributed by atoms with van der Waals surface area (Å²) in [5, 5.41) is 1.82. The molecule has 0 aliphatic heterocycles. The fourth-order valence-electron chi connectivity index (χ4n) is 2.99. The maximum absolute atomic E-state index is 13.2. The predicted molar refractivity (Wildman–Crippen MR) is 115 cm³/mol. The number of rotatable bonds is 5. The third-order valence-electron chi connectivity index (χ3n) is 4.38. The van der Waals surface area contributed by atoms with Crippen LogP contribution in [0.3, 0.4) is 0 Å². The van der Waals surface area contributed by atoms with Crippen LogP contribution in [-0.2, 0) is 5.75 Å². The van der Waals surface area contributed by atoms with Gasteiger partial charge in [0.2, 0.25) is 0 Å². The first-order valence-electron chi connectivity index (χ1n) is 8.70. The monoisotopic (exact) mass is 408 g/mol. The Bertz CT molecular complexity index is 1190. The summed E-state index contributed by atoms with van der Waals surface area (Å²) in [6, 6.07) is 22.4. The molecule has 1 aromatic heterocycles. The van der Waals surface area contributed by atoms with Gasteiger partial charge in [0.25, 0.3) is 5.56 Å². The first kappa shape index (κ1) is 18.6. The van der Waals surface area contributed by atoms with Gasteiger partial charge in [0.05, 0.1) is 23.7 Å². The van der Waals surface area contributed by atoms with Crippen molar-refractivity contribution >= 4 is 34.3 Å². The summed E-state index contributed by atoms with van der Waals surface area (Å²) in [7, 11) is 1.65. The van der Waals surface area contributed by atoms with E-state index >= 15 is 0 Å². The van der Waals surface area contributed by atoms with Crippen molar-refractivity contribution in [3.8, 4) is 11.4 Å². The Morgan fingerprint density at radius 2 is 1.71 bits per heavy atom. The molecule has 0 unspecified atom stereocenters. The highest BCUT2D eigenvalue weighted by molar-refractivity contribution is 7.98. The van der Waals surface area contributed by atoms with Crippen molar-refractivity contribution in [2.75, 3.05) is 7.11 Å². The molecule has 0 spiro atoms. The summed E-state index contributed by atoms with van der Waals surface area (Å²) < 4.78 is 7.08. The van der Waals surface area contributed by atoms with Gasteiger partial charge in [-0.3, -0.25) is 9.36 Å². The molecule has 0 saturated carbocycles. The Morgan fingerprint density at radius 1 is 1.00 bits per heavy atom. The molecule has 0 aliphatic rings. The highest BCUT2D eigenvalue weighted by Crippen LogP contribution is 2.28. The second-order valence-electron chi connectivity index (χ2n) is 6.13. The zero-order chi connectivity index (χ0) is 19.5. The SMILES string of the molecule is COc1ccccc1CSc1nc2ccccc2c(=O)n1-c1ccc(Cl)cc1. The van der Waals surface area contributed by atoms with Crippen LogP contribution in [0, 0.1) is 0 Å². The first-order chi connectivity index (χ1) is 13.7. The summed E-state index contributed by atoms with van der Waals surface area (Å²) in [6.07, 6.45) is 0. The maximum atomic E-state index is 13.2. The molecule has 0 N–H and O–H groups in total. The fourth-order valence-corrected chi connectivity index (χ4v) is 4.12. The molecule has 28 heavy (non-hydrogen) atoms. The van der Waals surface area contributed by atoms with Gasteiger partial charge in [0.15, 0.2) is 5.16 Å². The van der Waals surface area contributed by atoms with E-state index in [2.05, 4.69) is 0 Å². The number of ether oxygens (including phenoxy) is 1. The molecule has 4 aromatic rings. The third-order valence-corrected chi connectivity index (χ3v) is 5.62. The average molecular weight is 409 g/mol. The van der Waals surface area contributed by atoms with E-state index in [0.29, 0.717) is 26.8 Å². The van der Waals surface area contributed by atoms with Crippen LogP contribution in [0.5, 0.6) is 5.75 Å². The quantitative estimate of drug-likeness (QED) is 0.330. The molecule has 1 heterocycles. The Morgan fingerprint density at radius 3 is 2.50 bits per heavy atom. The lowest BCUT2D eigenvalue weighted by Gasteiger charge is -2.14. The molecule has 0 saturated heterocycles. The minimum absolute atomic E-state index is 0.101. The summed E-state index contributed by atoms with van der Waals surface area (Å²) in [5.74, 6) is 1.44. The van der Waals surface area contributed by atoms with Crippen molar-refractivity contribution in [2.45, 2.75) is 10.9 Å². The van der Waals surface area contributed by atoms with Gasteiger partial charge in [-0.05, 0) is 42.5 Å². The number of fused-ring (bicyclic) bond motifs is 1. The normalized spacial score (nSPS) is 10.9. The lowest BCUT2D eigenvalue weighted by molar-refractivity contribution is 0.411. The lowest BCUT2D eigenvalue weighted by Crippen LogP contribution is -2.21. The molecular weight excluding hydrogens is 392 g/mol. The van der Waals surface area contributed by atoms with Crippen molar-refractivity contribution in [2.24, 2.45) is 0 Å². The van der Waals surface area contributed by atoms with Gasteiger partial charge in [-0.2, -0.15) is 0 Å². The number of aromatic nitrogens is 2. The zero-order valence-electron chi connectivity index (χ0n) is 15.1. The number of methoxy groups -OCH3 is 1. The summed E-state index contributed by atoms with van der Waals surface area (Å²) in [4.78, 5) is 18.0. The molecule has 0 bridgehead atoms. The summed E-state index contributed by atoms with van der Waals surface area (Å²) >= 11 is 7.52. The molecule has 3 aromatic carbocycles. The van der Waals surface area contributed by atoms with Gasteiger partial charge in [-0.1, -0.05) is 53.7 Å². The van der Waals surface area contributed by atoms with E-state index in [1.165, 1.54) is 11.8 Å². The predicted octanol–water partition coefficient (Wildman–Crippen LogP) is 5.34. The number of hydrogen-bond acceptors (Lipinski definition) is 4. The van der Waals surface area contributed by atoms with Gasteiger partial charge < -0.3 is 4.74 Å². The minimum atomic E-state index is -0.101. The van der Waals surface area contributed by atoms with Crippen molar-refractivity contribution in [1.82, 2.24) is 9.55 Å². The zero-order valence-corrected chi connectivity index (χ0v) is 16.7. The van der Waals surface area contributed by atoms with Crippen molar-refractivity contribution in [3.63, 3.8) is 0 Å². The van der Waals surface area contributed by atoms with Crippen molar-refractivity contribution < 1.29 is 4.74 Å². The Kier molecular flexibility index (Phi) is 5.37. The molecule has 0 amide bonds. The number of benzene rings is 3. The third kappa shape index (κ3) is 3.63. The van der Waals surface area contributed by atoms with E-state index in [0.717, 1.165) is 17.0 Å². The molecule has 4 rings (SSSR count). The van der Waals surface area contributed by atoms with E-state index in [-0.39, 0.29) is 5.56 Å². The van der Waals surface area contributed by atoms with E-state index in [9.17, 15) is 4.79 Å². The topological polar surface area (TPSA) is 44.1 Å². The van der Waals surface area contributed by atoms with Crippen LogP contribution < -0.4 is 10.3 Å². The van der Waals surface area contributed by atoms with E-state index in [1.54, 1.807) is 29.9 Å². The average Bonchev–Trinajstić information content (AvgIpc) is 2.73. The van der Waals surface area contributed by atoms with E-state index in [4.69, 9.17) is 21.3 Å². The van der Waals surface area contributed by atoms with Crippen LogP contribution >= 0.6 is 23.4 Å². The van der Waals surface area contributed by atoms with Crippen molar-refractivity contribution in [3.05, 3.63) is 93.7 Å². The smallest absolute Gasteiger partial charge is 0.266 e. The van der Waals surface area contributed by atoms with Gasteiger partial charge in [0.1, 0.15) is 5.75 Å². The highest BCUT2D eigenvalue weighted by Gasteiger charge is 2.14. The number of hydrogen-bond donors (Lipinski definition) is 0. The van der Waals surface area contributed by atoms with Crippen LogP contribution in [0.25, 0.3) is 16.6 Å². The largest absolute Gasteiger partial charge is 0.496 e. The van der Waals surface area contributed by atoms with Gasteiger partial charge in [-0.15, -0.1) is 0 Å². The second kappa shape index (κ2) is 8.09. The summed E-state index contributed by atoms with van der Waals surface area (Å²) in [5.41, 5.74) is 2.35. The van der Waals surface area contributed by atoms with E-state index < -0.39 is 0 Å². The number of para-hydroxylation sites is 2. The maximum Gasteiger partial charge on any atom is 0.266 e. The molecule has 140 valence electrons. The molecule has 0 aliphatic carbocycles. The summed E-state index contributed by atoms with van der Waals surface area (Å²) in [6.45, 7) is 0. The van der Waals surface area contributed by atoms with Gasteiger partial charge in [0, 0.05) is 16.3 Å². The number of halogens is 1. The van der Waals surface area contributed by atoms with Crippen molar-refractivity contribution in [1.29, 1.82) is 0 Å². The molecule has 6 heteroatoms. The van der Waals surface area contributed by atoms with Crippen LogP contribution in [-0.4, -0.2) is 16.7 Å². The molecule has 0 fully saturated rings. The van der Waals surface area contributed by atoms with Crippen LogP contribution in [0.15, 0.2) is 82.7 Å². The molecule has 0 atom stereocenters. The van der Waals surface area contributed by atoms with E-state index in [1.807, 2.05) is 54.6 Å². The Labute approximate surface area is 171 Å². The second-order valence-corrected chi connectivity index (χ2v) is 7.51. The van der Waals surface area contributed by atoms with Gasteiger partial charge >= 0.3 is 0 Å².